The summed E-state index contributed by atoms with van der Waals surface area (Å²) >= 11 is 5.32. The van der Waals surface area contributed by atoms with Gasteiger partial charge in [0.25, 0.3) is 0 Å². The number of hydrogen-bond donors (Lipinski definition) is 0. The molecule has 0 radical (unpaired) electrons. The molecule has 0 unspecified atom stereocenters. The van der Waals surface area contributed by atoms with Crippen molar-refractivity contribution in [1.29, 1.82) is 0 Å². The van der Waals surface area contributed by atoms with Crippen LogP contribution in [0.3, 0.4) is 0 Å². The summed E-state index contributed by atoms with van der Waals surface area (Å²) in [6.45, 7) is 3.45. The number of hydrogen-bond acceptors (Lipinski definition) is 7. The van der Waals surface area contributed by atoms with Crippen molar-refractivity contribution in [1.82, 2.24) is 4.90 Å². The molecule has 0 saturated carbocycles. The van der Waals surface area contributed by atoms with Crippen LogP contribution >= 0.6 is 6.72 Å². The van der Waals surface area contributed by atoms with Crippen molar-refractivity contribution in [3.63, 3.8) is 0 Å². The first kappa shape index (κ1) is 20.6. The summed E-state index contributed by atoms with van der Waals surface area (Å²) in [7, 11) is 3.17. The lowest BCUT2D eigenvalue weighted by Gasteiger charge is -2.21. The van der Waals surface area contributed by atoms with Gasteiger partial charge in [0.1, 0.15) is 5.75 Å². The minimum absolute atomic E-state index is 0.415. The number of nitrogens with zero attached hydrogens (tertiary/aromatic N) is 2. The number of oxime groups is 1. The molecule has 1 aromatic carbocycles. The van der Waals surface area contributed by atoms with E-state index in [0.29, 0.717) is 24.7 Å². The zero-order valence-electron chi connectivity index (χ0n) is 14.5. The molecule has 7 nitrogen and oxygen atoms in total. The first-order chi connectivity index (χ1) is 11.3. The maximum absolute atomic E-state index is 11.4. The molecule has 9 heteroatoms. The van der Waals surface area contributed by atoms with Crippen LogP contribution in [0.1, 0.15) is 26.3 Å². The summed E-state index contributed by atoms with van der Waals surface area (Å²) in [6, 6.07) is 7.05. The molecule has 0 heterocycles. The number of benzene rings is 1. The van der Waals surface area contributed by atoms with Crippen LogP contribution in [-0.2, 0) is 25.7 Å². The molecule has 1 aromatic rings. The lowest BCUT2D eigenvalue weighted by molar-refractivity contribution is 0.122. The van der Waals surface area contributed by atoms with Gasteiger partial charge in [-0.05, 0) is 50.6 Å². The Balaban J connectivity index is 2.79. The minimum Gasteiger partial charge on any atom is -0.424 e. The van der Waals surface area contributed by atoms with Gasteiger partial charge in [0, 0.05) is 25.9 Å². The van der Waals surface area contributed by atoms with E-state index in [0.717, 1.165) is 5.56 Å². The van der Waals surface area contributed by atoms with Gasteiger partial charge < -0.3 is 9.42 Å². The first-order valence-corrected chi connectivity index (χ1v) is 9.99. The average Bonchev–Trinajstić information content (AvgIpc) is 2.53. The monoisotopic (exact) mass is 374 g/mol. The molecule has 1 amide bonds. The maximum atomic E-state index is 11.4. The fourth-order valence-corrected chi connectivity index (χ4v) is 3.62. The van der Waals surface area contributed by atoms with Crippen molar-refractivity contribution in [3.05, 3.63) is 29.8 Å². The van der Waals surface area contributed by atoms with Gasteiger partial charge in [0.05, 0.1) is 18.9 Å². The molecular formula is C15H23N2O5PS. The fourth-order valence-electron chi connectivity index (χ4n) is 1.53. The van der Waals surface area contributed by atoms with Crippen molar-refractivity contribution in [2.24, 2.45) is 5.16 Å². The third-order valence-corrected chi connectivity index (χ3v) is 5.13. The van der Waals surface area contributed by atoms with E-state index in [1.165, 1.54) is 4.90 Å². The van der Waals surface area contributed by atoms with E-state index in [2.05, 4.69) is 5.16 Å². The van der Waals surface area contributed by atoms with Crippen LogP contribution < -0.4 is 4.52 Å². The Kier molecular flexibility index (Phi) is 8.35. The van der Waals surface area contributed by atoms with Crippen molar-refractivity contribution in [2.45, 2.75) is 20.8 Å². The third-order valence-electron chi connectivity index (χ3n) is 2.69. The van der Waals surface area contributed by atoms with Crippen molar-refractivity contribution in [2.75, 3.05) is 27.3 Å². The van der Waals surface area contributed by atoms with Crippen LogP contribution in [-0.4, -0.2) is 44.0 Å². The Morgan fingerprint density at radius 3 is 2.17 bits per heavy atom. The first-order valence-electron chi connectivity index (χ1n) is 7.43. The number of amides is 1. The normalized spacial score (nSPS) is 12.0. The Bertz CT molecular complexity index is 609. The van der Waals surface area contributed by atoms with Crippen LogP contribution in [0.5, 0.6) is 5.75 Å². The second-order valence-electron chi connectivity index (χ2n) is 4.83. The van der Waals surface area contributed by atoms with Gasteiger partial charge in [-0.15, -0.1) is 0 Å². The van der Waals surface area contributed by atoms with Crippen molar-refractivity contribution >= 4 is 30.3 Å². The predicted octanol–water partition coefficient (Wildman–Crippen LogP) is 3.79. The highest BCUT2D eigenvalue weighted by molar-refractivity contribution is 8.07. The van der Waals surface area contributed by atoms with Crippen LogP contribution in [0.2, 0.25) is 0 Å². The second-order valence-corrected chi connectivity index (χ2v) is 7.76. The summed E-state index contributed by atoms with van der Waals surface area (Å²) < 4.78 is 16.6. The lowest BCUT2D eigenvalue weighted by atomic mass is 10.1. The highest BCUT2D eigenvalue weighted by Gasteiger charge is 2.21. The van der Waals surface area contributed by atoms with Gasteiger partial charge in [-0.3, -0.25) is 13.9 Å². The molecule has 0 saturated heterocycles. The molecular weight excluding hydrogens is 351 g/mol. The quantitative estimate of drug-likeness (QED) is 0.298. The third kappa shape index (κ3) is 6.57. The molecule has 0 fully saturated rings. The molecule has 1 rings (SSSR count). The average molecular weight is 374 g/mol. The van der Waals surface area contributed by atoms with E-state index in [1.54, 1.807) is 45.3 Å². The van der Waals surface area contributed by atoms with E-state index in [-0.39, 0.29) is 0 Å². The Morgan fingerprint density at radius 2 is 1.71 bits per heavy atom. The molecule has 0 aliphatic carbocycles. The Labute approximate surface area is 147 Å². The summed E-state index contributed by atoms with van der Waals surface area (Å²) in [4.78, 5) is 17.4. The molecule has 134 valence electrons. The highest BCUT2D eigenvalue weighted by Crippen LogP contribution is 2.49. The topological polar surface area (TPSA) is 69.6 Å². The van der Waals surface area contributed by atoms with Crippen LogP contribution in [0.15, 0.2) is 29.4 Å². The van der Waals surface area contributed by atoms with Gasteiger partial charge in [-0.2, -0.15) is 0 Å². The maximum Gasteiger partial charge on any atom is 0.435 e. The van der Waals surface area contributed by atoms with Crippen molar-refractivity contribution in [3.8, 4) is 5.75 Å². The molecule has 0 atom stereocenters. The highest BCUT2D eigenvalue weighted by atomic mass is 32.5. The Hall–Kier alpha value is -1.47. The smallest absolute Gasteiger partial charge is 0.424 e. The molecule has 0 spiro atoms. The predicted molar refractivity (Wildman–Crippen MR) is 97.0 cm³/mol. The fraction of sp³-hybridized carbons (Fsp3) is 0.467. The van der Waals surface area contributed by atoms with Gasteiger partial charge >= 0.3 is 12.8 Å². The lowest BCUT2D eigenvalue weighted by Crippen LogP contribution is -2.21. The van der Waals surface area contributed by atoms with E-state index in [4.69, 9.17) is 30.2 Å². The van der Waals surface area contributed by atoms with Gasteiger partial charge in [-0.1, -0.05) is 5.16 Å². The summed E-state index contributed by atoms with van der Waals surface area (Å²) in [5, 5.41) is 3.80. The van der Waals surface area contributed by atoms with E-state index in [1.807, 2.05) is 13.8 Å². The minimum atomic E-state index is -2.79. The standard InChI is InChI=1S/C15H23N2O5PS/c1-6-19-23(24,20-7-2)22-14-10-8-13(9-11-14)12(3)16-21-15(18)17(4)5/h8-11H,6-7H2,1-5H3/b16-12+. The second kappa shape index (κ2) is 9.74. The zero-order valence-corrected chi connectivity index (χ0v) is 16.2. The van der Waals surface area contributed by atoms with Crippen LogP contribution in [0.4, 0.5) is 4.79 Å². The molecule has 0 N–H and O–H groups in total. The SMILES string of the molecule is CCOP(=S)(OCC)Oc1ccc(/C(C)=N/OC(=O)N(C)C)cc1. The molecule has 0 aliphatic rings. The van der Waals surface area contributed by atoms with E-state index in [9.17, 15) is 4.79 Å². The molecule has 0 bridgehead atoms. The summed E-state index contributed by atoms with van der Waals surface area (Å²) in [6.07, 6.45) is -0.538. The van der Waals surface area contributed by atoms with Crippen LogP contribution in [0.25, 0.3) is 0 Å². The summed E-state index contributed by atoms with van der Waals surface area (Å²) in [5.41, 5.74) is 1.35. The summed E-state index contributed by atoms with van der Waals surface area (Å²) in [5.74, 6) is 0.544. The van der Waals surface area contributed by atoms with Gasteiger partial charge in [-0.25, -0.2) is 4.79 Å². The molecule has 0 aliphatic heterocycles. The van der Waals surface area contributed by atoms with Gasteiger partial charge in [0.2, 0.25) is 0 Å². The van der Waals surface area contributed by atoms with E-state index >= 15 is 0 Å². The Morgan fingerprint density at radius 1 is 1.17 bits per heavy atom. The number of carbonyl (C=O) groups is 1. The van der Waals surface area contributed by atoms with E-state index < -0.39 is 12.8 Å². The molecule has 0 aromatic heterocycles. The van der Waals surface area contributed by atoms with Gasteiger partial charge in [0.15, 0.2) is 0 Å². The zero-order chi connectivity index (χ0) is 18.2. The van der Waals surface area contributed by atoms with Crippen molar-refractivity contribution < 1.29 is 23.2 Å². The number of carbonyl (C=O) groups excluding carboxylic acids is 1. The van der Waals surface area contributed by atoms with Crippen LogP contribution in [0, 0.1) is 0 Å². The largest absolute Gasteiger partial charge is 0.435 e. The number of rotatable bonds is 8. The molecule has 24 heavy (non-hydrogen) atoms.